The summed E-state index contributed by atoms with van der Waals surface area (Å²) >= 11 is 0. The van der Waals surface area contributed by atoms with E-state index in [1.807, 2.05) is 19.9 Å². The van der Waals surface area contributed by atoms with Crippen LogP contribution >= 0.6 is 0 Å². The number of aryl methyl sites for hydroxylation is 2. The Labute approximate surface area is 106 Å². The minimum atomic E-state index is -3.84. The van der Waals surface area contributed by atoms with Crippen LogP contribution in [0.25, 0.3) is 0 Å². The molecule has 0 aliphatic heterocycles. The van der Waals surface area contributed by atoms with Gasteiger partial charge in [-0.3, -0.25) is 9.52 Å². The predicted octanol–water partition coefficient (Wildman–Crippen LogP) is 0.977. The van der Waals surface area contributed by atoms with Gasteiger partial charge in [0.05, 0.1) is 5.69 Å². The summed E-state index contributed by atoms with van der Waals surface area (Å²) in [5.41, 5.74) is 2.27. The van der Waals surface area contributed by atoms with Crippen molar-refractivity contribution in [1.29, 1.82) is 0 Å². The molecule has 0 amide bonds. The van der Waals surface area contributed by atoms with Gasteiger partial charge in [0.1, 0.15) is 6.54 Å². The van der Waals surface area contributed by atoms with Crippen LogP contribution in [0.5, 0.6) is 0 Å². The number of likely N-dealkylation sites (N-methyl/N-ethyl adjacent to an activating group) is 1. The molecule has 6 nitrogen and oxygen atoms in total. The van der Waals surface area contributed by atoms with Crippen LogP contribution < -0.4 is 4.72 Å². The summed E-state index contributed by atoms with van der Waals surface area (Å²) in [5, 5.41) is 8.57. The van der Waals surface area contributed by atoms with Crippen LogP contribution in [0, 0.1) is 13.8 Å². The maximum Gasteiger partial charge on any atom is 0.318 e. The lowest BCUT2D eigenvalue weighted by Gasteiger charge is -2.16. The highest BCUT2D eigenvalue weighted by Crippen LogP contribution is 2.15. The third-order valence-corrected chi connectivity index (χ3v) is 3.68. The largest absolute Gasteiger partial charge is 0.480 e. The number of nitrogens with zero attached hydrogens (tertiary/aromatic N) is 1. The van der Waals surface area contributed by atoms with Crippen LogP contribution in [0.15, 0.2) is 18.2 Å². The highest BCUT2D eigenvalue weighted by molar-refractivity contribution is 7.90. The molecule has 0 bridgehead atoms. The summed E-state index contributed by atoms with van der Waals surface area (Å²) in [7, 11) is -2.63. The number of nitrogens with one attached hydrogen (secondary N) is 1. The molecule has 0 aliphatic rings. The summed E-state index contributed by atoms with van der Waals surface area (Å²) in [5.74, 6) is -1.21. The Kier molecular flexibility index (Phi) is 4.31. The van der Waals surface area contributed by atoms with Crippen molar-refractivity contribution in [2.75, 3.05) is 18.3 Å². The summed E-state index contributed by atoms with van der Waals surface area (Å²) in [6.45, 7) is 3.12. The van der Waals surface area contributed by atoms with E-state index in [1.165, 1.54) is 7.05 Å². The minimum Gasteiger partial charge on any atom is -0.480 e. The number of rotatable bonds is 5. The Morgan fingerprint density at radius 3 is 2.22 bits per heavy atom. The molecule has 0 aromatic heterocycles. The fraction of sp³-hybridized carbons (Fsp3) is 0.364. The Morgan fingerprint density at radius 1 is 1.28 bits per heavy atom. The van der Waals surface area contributed by atoms with Crippen molar-refractivity contribution in [2.24, 2.45) is 0 Å². The third kappa shape index (κ3) is 4.01. The van der Waals surface area contributed by atoms with Gasteiger partial charge in [-0.1, -0.05) is 6.07 Å². The van der Waals surface area contributed by atoms with Crippen LogP contribution in [0.2, 0.25) is 0 Å². The topological polar surface area (TPSA) is 86.7 Å². The number of aliphatic carboxylic acids is 1. The molecule has 0 radical (unpaired) electrons. The van der Waals surface area contributed by atoms with E-state index in [1.54, 1.807) is 12.1 Å². The molecule has 0 heterocycles. The number of hydrogen-bond donors (Lipinski definition) is 2. The first-order valence-corrected chi connectivity index (χ1v) is 6.69. The summed E-state index contributed by atoms with van der Waals surface area (Å²) < 4.78 is 26.7. The highest BCUT2D eigenvalue weighted by Gasteiger charge is 2.20. The summed E-state index contributed by atoms with van der Waals surface area (Å²) in [6, 6.07) is 5.27. The Morgan fingerprint density at radius 2 is 1.78 bits per heavy atom. The number of carboxylic acids is 1. The van der Waals surface area contributed by atoms with Crippen LogP contribution in [0.1, 0.15) is 11.1 Å². The van der Waals surface area contributed by atoms with Crippen molar-refractivity contribution in [3.63, 3.8) is 0 Å². The number of carbonyl (C=O) groups is 1. The lowest BCUT2D eigenvalue weighted by molar-refractivity contribution is -0.137. The van der Waals surface area contributed by atoms with E-state index in [2.05, 4.69) is 4.72 Å². The van der Waals surface area contributed by atoms with Crippen LogP contribution in [-0.4, -0.2) is 37.4 Å². The molecule has 0 saturated heterocycles. The first-order chi connectivity index (χ1) is 8.20. The minimum absolute atomic E-state index is 0.421. The van der Waals surface area contributed by atoms with Gasteiger partial charge in [-0.25, -0.2) is 0 Å². The van der Waals surface area contributed by atoms with Crippen LogP contribution in [0.4, 0.5) is 5.69 Å². The smallest absolute Gasteiger partial charge is 0.318 e. The van der Waals surface area contributed by atoms with Gasteiger partial charge in [-0.15, -0.1) is 0 Å². The zero-order valence-corrected chi connectivity index (χ0v) is 11.3. The van der Waals surface area contributed by atoms with Crippen LogP contribution in [0.3, 0.4) is 0 Å². The van der Waals surface area contributed by atoms with Gasteiger partial charge in [-0.05, 0) is 37.1 Å². The molecule has 0 unspecified atom stereocenters. The van der Waals surface area contributed by atoms with Gasteiger partial charge >= 0.3 is 16.2 Å². The molecular weight excluding hydrogens is 256 g/mol. The third-order valence-electron chi connectivity index (χ3n) is 2.24. The van der Waals surface area contributed by atoms with Gasteiger partial charge in [0, 0.05) is 7.05 Å². The number of carboxylic acid groups (broad SMARTS) is 1. The first kappa shape index (κ1) is 14.5. The van der Waals surface area contributed by atoms with Crippen molar-refractivity contribution in [3.8, 4) is 0 Å². The zero-order chi connectivity index (χ0) is 13.9. The fourth-order valence-electron chi connectivity index (χ4n) is 1.54. The van der Waals surface area contributed by atoms with E-state index in [9.17, 15) is 13.2 Å². The Hall–Kier alpha value is -1.60. The molecule has 100 valence electrons. The maximum atomic E-state index is 11.8. The monoisotopic (exact) mass is 272 g/mol. The highest BCUT2D eigenvalue weighted by atomic mass is 32.2. The van der Waals surface area contributed by atoms with Gasteiger partial charge in [0.25, 0.3) is 0 Å². The standard InChI is InChI=1S/C11H16N2O4S/c1-8-4-9(2)6-10(5-8)12-18(16,17)13(3)7-11(14)15/h4-6,12H,7H2,1-3H3,(H,14,15). The van der Waals surface area contributed by atoms with Crippen molar-refractivity contribution in [2.45, 2.75) is 13.8 Å². The average Bonchev–Trinajstić information content (AvgIpc) is 2.13. The molecule has 0 fully saturated rings. The first-order valence-electron chi connectivity index (χ1n) is 5.25. The molecule has 1 rings (SSSR count). The Bertz CT molecular complexity index is 534. The van der Waals surface area contributed by atoms with Gasteiger partial charge in [0.2, 0.25) is 0 Å². The zero-order valence-electron chi connectivity index (χ0n) is 10.5. The molecule has 1 aromatic rings. The fourth-order valence-corrected chi connectivity index (χ4v) is 2.39. The SMILES string of the molecule is Cc1cc(C)cc(NS(=O)(=O)N(C)CC(=O)O)c1. The quantitative estimate of drug-likeness (QED) is 0.836. The van der Waals surface area contributed by atoms with Crippen molar-refractivity contribution >= 4 is 21.9 Å². The summed E-state index contributed by atoms with van der Waals surface area (Å²) in [6.07, 6.45) is 0. The molecule has 7 heteroatoms. The van der Waals surface area contributed by atoms with E-state index >= 15 is 0 Å². The number of anilines is 1. The second kappa shape index (κ2) is 5.36. The van der Waals surface area contributed by atoms with E-state index in [4.69, 9.17) is 5.11 Å². The van der Waals surface area contributed by atoms with Crippen molar-refractivity contribution in [1.82, 2.24) is 4.31 Å². The molecule has 0 aliphatic carbocycles. The maximum absolute atomic E-state index is 11.8. The second-order valence-electron chi connectivity index (χ2n) is 4.13. The van der Waals surface area contributed by atoms with E-state index in [0.29, 0.717) is 5.69 Å². The molecule has 18 heavy (non-hydrogen) atoms. The Balaban J connectivity index is 2.91. The summed E-state index contributed by atoms with van der Waals surface area (Å²) in [4.78, 5) is 10.5. The molecule has 0 spiro atoms. The molecule has 0 saturated carbocycles. The van der Waals surface area contributed by atoms with E-state index in [0.717, 1.165) is 15.4 Å². The van der Waals surface area contributed by atoms with Gasteiger partial charge in [0.15, 0.2) is 0 Å². The average molecular weight is 272 g/mol. The molecule has 2 N–H and O–H groups in total. The predicted molar refractivity (Wildman–Crippen MR) is 68.7 cm³/mol. The lowest BCUT2D eigenvalue weighted by Crippen LogP contribution is -2.36. The van der Waals surface area contributed by atoms with Gasteiger partial charge in [-0.2, -0.15) is 12.7 Å². The number of benzene rings is 1. The van der Waals surface area contributed by atoms with Crippen LogP contribution in [-0.2, 0) is 15.0 Å². The normalized spacial score (nSPS) is 11.6. The molecule has 1 aromatic carbocycles. The molecular formula is C11H16N2O4S. The second-order valence-corrected chi connectivity index (χ2v) is 5.91. The van der Waals surface area contributed by atoms with Crippen molar-refractivity contribution in [3.05, 3.63) is 29.3 Å². The molecule has 0 atom stereocenters. The van der Waals surface area contributed by atoms with E-state index in [-0.39, 0.29) is 0 Å². The number of hydrogen-bond acceptors (Lipinski definition) is 3. The lowest BCUT2D eigenvalue weighted by atomic mass is 10.1. The van der Waals surface area contributed by atoms with Crippen molar-refractivity contribution < 1.29 is 18.3 Å². The van der Waals surface area contributed by atoms with Gasteiger partial charge < -0.3 is 5.11 Å². The van der Waals surface area contributed by atoms with E-state index < -0.39 is 22.7 Å².